The highest BCUT2D eigenvalue weighted by Gasteiger charge is 2.04. The Morgan fingerprint density at radius 3 is 2.11 bits per heavy atom. The van der Waals surface area contributed by atoms with E-state index >= 15 is 0 Å². The highest BCUT2D eigenvalue weighted by molar-refractivity contribution is 5.68. The van der Waals surface area contributed by atoms with Crippen LogP contribution in [-0.2, 0) is 9.53 Å². The van der Waals surface area contributed by atoms with Gasteiger partial charge in [0.1, 0.15) is 0 Å². The third kappa shape index (κ3) is 11.9. The van der Waals surface area contributed by atoms with Crippen molar-refractivity contribution in [1.29, 1.82) is 0 Å². The Kier molecular flexibility index (Phi) is 12.5. The highest BCUT2D eigenvalue weighted by Crippen LogP contribution is 2.12. The van der Waals surface area contributed by atoms with Crippen molar-refractivity contribution in [1.82, 2.24) is 0 Å². The van der Waals surface area contributed by atoms with E-state index in [9.17, 15) is 9.90 Å². The summed E-state index contributed by atoms with van der Waals surface area (Å²) < 4.78 is 4.58. The summed E-state index contributed by atoms with van der Waals surface area (Å²) in [4.78, 5) is 10.9. The molecular weight excluding hydrogens is 228 g/mol. The molecule has 18 heavy (non-hydrogen) atoms. The number of methoxy groups -OCH3 is 1. The van der Waals surface area contributed by atoms with Crippen LogP contribution in [0.25, 0.3) is 0 Å². The molecule has 3 nitrogen and oxygen atoms in total. The van der Waals surface area contributed by atoms with Crippen LogP contribution in [0, 0.1) is 0 Å². The second kappa shape index (κ2) is 12.9. The zero-order chi connectivity index (χ0) is 13.6. The number of carbonyl (C=O) groups excluding carboxylic acids is 1. The maximum atomic E-state index is 10.9. The molecule has 0 rings (SSSR count). The molecule has 0 fully saturated rings. The van der Waals surface area contributed by atoms with Crippen LogP contribution in [0.4, 0.5) is 0 Å². The normalized spacial score (nSPS) is 12.4. The van der Waals surface area contributed by atoms with Gasteiger partial charge in [-0.15, -0.1) is 0 Å². The minimum atomic E-state index is -0.123. The summed E-state index contributed by atoms with van der Waals surface area (Å²) >= 11 is 0. The van der Waals surface area contributed by atoms with Crippen molar-refractivity contribution in [2.75, 3.05) is 7.11 Å². The van der Waals surface area contributed by atoms with Crippen LogP contribution in [0.15, 0.2) is 0 Å². The Bertz CT molecular complexity index is 192. The Balaban J connectivity index is 3.19. The second-order valence-electron chi connectivity index (χ2n) is 5.03. The first kappa shape index (κ1) is 17.4. The van der Waals surface area contributed by atoms with Gasteiger partial charge >= 0.3 is 5.97 Å². The summed E-state index contributed by atoms with van der Waals surface area (Å²) in [5.74, 6) is -0.119. The van der Waals surface area contributed by atoms with Crippen LogP contribution in [0.3, 0.4) is 0 Å². The maximum Gasteiger partial charge on any atom is 0.305 e. The number of esters is 1. The molecule has 0 aliphatic heterocycles. The van der Waals surface area contributed by atoms with Crippen molar-refractivity contribution in [2.45, 2.75) is 83.7 Å². The standard InChI is InChI=1S/C15H30O3/c1-3-4-5-8-11-14(16)12-9-6-7-10-13-15(17)18-2/h14,16H,3-13H2,1-2H3. The van der Waals surface area contributed by atoms with Crippen molar-refractivity contribution in [3.63, 3.8) is 0 Å². The summed E-state index contributed by atoms with van der Waals surface area (Å²) in [6.07, 6.45) is 11.3. The quantitative estimate of drug-likeness (QED) is 0.427. The summed E-state index contributed by atoms with van der Waals surface area (Å²) in [6, 6.07) is 0. The van der Waals surface area contributed by atoms with E-state index in [0.29, 0.717) is 6.42 Å². The molecule has 0 bridgehead atoms. The van der Waals surface area contributed by atoms with Crippen molar-refractivity contribution < 1.29 is 14.6 Å². The lowest BCUT2D eigenvalue weighted by Gasteiger charge is -2.09. The first-order valence-electron chi connectivity index (χ1n) is 7.45. The lowest BCUT2D eigenvalue weighted by atomic mass is 10.0. The zero-order valence-electron chi connectivity index (χ0n) is 12.1. The third-order valence-electron chi connectivity index (χ3n) is 3.29. The Morgan fingerprint density at radius 1 is 1.00 bits per heavy atom. The topological polar surface area (TPSA) is 46.5 Å². The molecule has 0 amide bonds. The van der Waals surface area contributed by atoms with Crippen LogP contribution in [0.1, 0.15) is 77.6 Å². The number of carbonyl (C=O) groups is 1. The molecule has 108 valence electrons. The van der Waals surface area contributed by atoms with E-state index in [-0.39, 0.29) is 12.1 Å². The van der Waals surface area contributed by atoms with E-state index in [1.54, 1.807) is 0 Å². The van der Waals surface area contributed by atoms with Gasteiger partial charge in [0.2, 0.25) is 0 Å². The van der Waals surface area contributed by atoms with Gasteiger partial charge < -0.3 is 9.84 Å². The molecule has 0 aromatic heterocycles. The Hall–Kier alpha value is -0.570. The first-order chi connectivity index (χ1) is 8.70. The zero-order valence-corrected chi connectivity index (χ0v) is 12.1. The second-order valence-corrected chi connectivity index (χ2v) is 5.03. The summed E-state index contributed by atoms with van der Waals surface area (Å²) in [5, 5.41) is 9.76. The molecule has 0 aromatic carbocycles. The molecular formula is C15H30O3. The minimum absolute atomic E-state index is 0.119. The van der Waals surface area contributed by atoms with Gasteiger partial charge in [0.05, 0.1) is 13.2 Å². The van der Waals surface area contributed by atoms with Crippen LogP contribution in [0.5, 0.6) is 0 Å². The van der Waals surface area contributed by atoms with E-state index < -0.39 is 0 Å². The number of aliphatic hydroxyl groups is 1. The van der Waals surface area contributed by atoms with Crippen LogP contribution >= 0.6 is 0 Å². The molecule has 1 unspecified atom stereocenters. The van der Waals surface area contributed by atoms with Gasteiger partial charge in [0.25, 0.3) is 0 Å². The van der Waals surface area contributed by atoms with Crippen molar-refractivity contribution in [3.8, 4) is 0 Å². The lowest BCUT2D eigenvalue weighted by Crippen LogP contribution is -2.06. The molecule has 0 radical (unpaired) electrons. The van der Waals surface area contributed by atoms with Gasteiger partial charge in [-0.2, -0.15) is 0 Å². The average molecular weight is 258 g/mol. The van der Waals surface area contributed by atoms with Gasteiger partial charge in [-0.25, -0.2) is 0 Å². The van der Waals surface area contributed by atoms with E-state index in [1.807, 2.05) is 0 Å². The number of hydrogen-bond acceptors (Lipinski definition) is 3. The summed E-state index contributed by atoms with van der Waals surface area (Å²) in [5.41, 5.74) is 0. The first-order valence-corrected chi connectivity index (χ1v) is 7.45. The van der Waals surface area contributed by atoms with E-state index in [0.717, 1.165) is 44.9 Å². The number of ether oxygens (including phenoxy) is 1. The molecule has 1 N–H and O–H groups in total. The predicted octanol–water partition coefficient (Wildman–Crippen LogP) is 3.83. The van der Waals surface area contributed by atoms with Gasteiger partial charge in [-0.05, 0) is 19.3 Å². The van der Waals surface area contributed by atoms with E-state index in [4.69, 9.17) is 0 Å². The third-order valence-corrected chi connectivity index (χ3v) is 3.29. The molecule has 1 atom stereocenters. The van der Waals surface area contributed by atoms with Gasteiger partial charge in [0.15, 0.2) is 0 Å². The van der Waals surface area contributed by atoms with Crippen molar-refractivity contribution in [3.05, 3.63) is 0 Å². The van der Waals surface area contributed by atoms with Crippen LogP contribution in [0.2, 0.25) is 0 Å². The highest BCUT2D eigenvalue weighted by atomic mass is 16.5. The average Bonchev–Trinajstić information content (AvgIpc) is 2.38. The monoisotopic (exact) mass is 258 g/mol. The van der Waals surface area contributed by atoms with E-state index in [2.05, 4.69) is 11.7 Å². The van der Waals surface area contributed by atoms with Crippen LogP contribution in [-0.4, -0.2) is 24.3 Å². The molecule has 0 heterocycles. The SMILES string of the molecule is CCCCCCC(O)CCCCCCC(=O)OC. The number of hydrogen-bond donors (Lipinski definition) is 1. The predicted molar refractivity (Wildman–Crippen MR) is 74.5 cm³/mol. The maximum absolute atomic E-state index is 10.9. The molecule has 0 saturated carbocycles. The summed E-state index contributed by atoms with van der Waals surface area (Å²) in [6.45, 7) is 2.20. The number of aliphatic hydroxyl groups excluding tert-OH is 1. The molecule has 3 heteroatoms. The molecule has 0 saturated heterocycles. The molecule has 0 aliphatic carbocycles. The largest absolute Gasteiger partial charge is 0.469 e. The summed E-state index contributed by atoms with van der Waals surface area (Å²) in [7, 11) is 1.43. The van der Waals surface area contributed by atoms with Gasteiger partial charge in [-0.1, -0.05) is 51.9 Å². The molecule has 0 aliphatic rings. The van der Waals surface area contributed by atoms with Crippen molar-refractivity contribution in [2.24, 2.45) is 0 Å². The smallest absolute Gasteiger partial charge is 0.305 e. The minimum Gasteiger partial charge on any atom is -0.469 e. The molecule has 0 aromatic rings. The number of unbranched alkanes of at least 4 members (excludes halogenated alkanes) is 6. The van der Waals surface area contributed by atoms with Crippen molar-refractivity contribution >= 4 is 5.97 Å². The fraction of sp³-hybridized carbons (Fsp3) is 0.933. The lowest BCUT2D eigenvalue weighted by molar-refractivity contribution is -0.140. The fourth-order valence-corrected chi connectivity index (χ4v) is 2.06. The fourth-order valence-electron chi connectivity index (χ4n) is 2.06. The van der Waals surface area contributed by atoms with Crippen LogP contribution < -0.4 is 0 Å². The van der Waals surface area contributed by atoms with Gasteiger partial charge in [0, 0.05) is 6.42 Å². The van der Waals surface area contributed by atoms with E-state index in [1.165, 1.54) is 26.4 Å². The van der Waals surface area contributed by atoms with Gasteiger partial charge in [-0.3, -0.25) is 4.79 Å². The Morgan fingerprint density at radius 2 is 1.56 bits per heavy atom. The Labute approximate surface area is 112 Å². The number of rotatable bonds is 12. The molecule has 0 spiro atoms.